The number of fused-ring (bicyclic) bond motifs is 1. The predicted octanol–water partition coefficient (Wildman–Crippen LogP) is 3.47. The lowest BCUT2D eigenvalue weighted by atomic mass is 10.1. The van der Waals surface area contributed by atoms with E-state index >= 15 is 0 Å². The minimum absolute atomic E-state index is 0.547. The summed E-state index contributed by atoms with van der Waals surface area (Å²) in [5, 5.41) is 7.97. The van der Waals surface area contributed by atoms with E-state index in [-0.39, 0.29) is 0 Å². The zero-order valence-corrected chi connectivity index (χ0v) is 17.1. The molecule has 0 bridgehead atoms. The summed E-state index contributed by atoms with van der Waals surface area (Å²) in [5.74, 6) is 2.57. The van der Waals surface area contributed by atoms with Crippen molar-refractivity contribution in [2.45, 2.75) is 6.42 Å². The molecule has 0 fully saturated rings. The van der Waals surface area contributed by atoms with Crippen LogP contribution in [-0.2, 0) is 6.42 Å². The molecule has 0 aliphatic carbocycles. The molecule has 0 spiro atoms. The summed E-state index contributed by atoms with van der Waals surface area (Å²) in [6, 6.07) is 9.69. The molecule has 4 rings (SSSR count). The Morgan fingerprint density at radius 2 is 1.77 bits per heavy atom. The number of nitrogens with one attached hydrogen (secondary N) is 1. The molecule has 0 radical (unpaired) electrons. The van der Waals surface area contributed by atoms with Gasteiger partial charge in [-0.3, -0.25) is 4.98 Å². The normalized spacial score (nSPS) is 10.8. The van der Waals surface area contributed by atoms with Gasteiger partial charge in [0.05, 0.1) is 27.5 Å². The first kappa shape index (κ1) is 19.5. The molecular formula is C22H23N5O3. The second-order valence-corrected chi connectivity index (χ2v) is 6.58. The average molecular weight is 405 g/mol. The third-order valence-electron chi connectivity index (χ3n) is 4.82. The fourth-order valence-electron chi connectivity index (χ4n) is 3.35. The Labute approximate surface area is 174 Å². The van der Waals surface area contributed by atoms with Gasteiger partial charge in [0.15, 0.2) is 17.1 Å². The van der Waals surface area contributed by atoms with E-state index < -0.39 is 0 Å². The van der Waals surface area contributed by atoms with Crippen molar-refractivity contribution in [3.63, 3.8) is 0 Å². The lowest BCUT2D eigenvalue weighted by Crippen LogP contribution is -2.09. The highest BCUT2D eigenvalue weighted by Gasteiger charge is 2.17. The van der Waals surface area contributed by atoms with Crippen molar-refractivity contribution in [3.8, 4) is 28.4 Å². The summed E-state index contributed by atoms with van der Waals surface area (Å²) in [6.07, 6.45) is 8.07. The van der Waals surface area contributed by atoms with Crippen LogP contribution in [0.15, 0.2) is 55.1 Å². The standard InChI is InChI=1S/C22H23N5O3/c1-28-18-11-16(12-19(29-2)21(18)30-3)17-14-26-27-20(7-10-25-22(17)27)24-9-6-15-5-4-8-23-13-15/h4-5,7-8,10-14,24H,6,9H2,1-3H3. The highest BCUT2D eigenvalue weighted by Crippen LogP contribution is 2.41. The summed E-state index contributed by atoms with van der Waals surface area (Å²) in [4.78, 5) is 8.69. The van der Waals surface area contributed by atoms with Crippen molar-refractivity contribution in [2.24, 2.45) is 0 Å². The molecule has 8 heteroatoms. The summed E-state index contributed by atoms with van der Waals surface area (Å²) >= 11 is 0. The van der Waals surface area contributed by atoms with E-state index in [0.29, 0.717) is 17.2 Å². The Morgan fingerprint density at radius 3 is 2.43 bits per heavy atom. The molecule has 1 aromatic carbocycles. The summed E-state index contributed by atoms with van der Waals surface area (Å²) < 4.78 is 18.2. The molecule has 8 nitrogen and oxygen atoms in total. The SMILES string of the molecule is COc1cc(-c2cnn3c(NCCc4cccnc4)ccnc23)cc(OC)c1OC. The van der Waals surface area contributed by atoms with Gasteiger partial charge in [-0.15, -0.1) is 0 Å². The first-order chi connectivity index (χ1) is 14.7. The van der Waals surface area contributed by atoms with Crippen molar-refractivity contribution >= 4 is 11.5 Å². The lowest BCUT2D eigenvalue weighted by molar-refractivity contribution is 0.324. The van der Waals surface area contributed by atoms with E-state index in [1.165, 1.54) is 5.56 Å². The third-order valence-corrected chi connectivity index (χ3v) is 4.82. The number of hydrogen-bond acceptors (Lipinski definition) is 7. The van der Waals surface area contributed by atoms with Crippen LogP contribution in [0.25, 0.3) is 16.8 Å². The summed E-state index contributed by atoms with van der Waals surface area (Å²) in [7, 11) is 4.78. The molecule has 0 amide bonds. The molecule has 0 aliphatic heterocycles. The van der Waals surface area contributed by atoms with Gasteiger partial charge in [0.25, 0.3) is 0 Å². The number of hydrogen-bond donors (Lipinski definition) is 1. The first-order valence-corrected chi connectivity index (χ1v) is 9.51. The van der Waals surface area contributed by atoms with E-state index in [2.05, 4.69) is 26.4 Å². The fraction of sp³-hybridized carbons (Fsp3) is 0.227. The minimum Gasteiger partial charge on any atom is -0.493 e. The maximum Gasteiger partial charge on any atom is 0.203 e. The Hall–Kier alpha value is -3.81. The first-order valence-electron chi connectivity index (χ1n) is 9.51. The molecular weight excluding hydrogens is 382 g/mol. The van der Waals surface area contributed by atoms with Crippen molar-refractivity contribution < 1.29 is 14.2 Å². The van der Waals surface area contributed by atoms with E-state index in [9.17, 15) is 0 Å². The second kappa shape index (κ2) is 8.69. The molecule has 30 heavy (non-hydrogen) atoms. The van der Waals surface area contributed by atoms with Crippen LogP contribution in [-0.4, -0.2) is 47.5 Å². The topological polar surface area (TPSA) is 82.8 Å². The number of pyridine rings is 1. The number of ether oxygens (including phenoxy) is 3. The van der Waals surface area contributed by atoms with Crippen LogP contribution in [0.1, 0.15) is 5.56 Å². The monoisotopic (exact) mass is 405 g/mol. The van der Waals surface area contributed by atoms with Crippen molar-refractivity contribution in [3.05, 3.63) is 60.7 Å². The number of nitrogens with zero attached hydrogens (tertiary/aromatic N) is 4. The van der Waals surface area contributed by atoms with Gasteiger partial charge in [-0.2, -0.15) is 9.61 Å². The van der Waals surface area contributed by atoms with Gasteiger partial charge < -0.3 is 19.5 Å². The Bertz CT molecular complexity index is 1120. The highest BCUT2D eigenvalue weighted by atomic mass is 16.5. The molecule has 0 aliphatic rings. The van der Waals surface area contributed by atoms with E-state index in [1.807, 2.05) is 30.5 Å². The van der Waals surface area contributed by atoms with Crippen LogP contribution < -0.4 is 19.5 Å². The van der Waals surface area contributed by atoms with Gasteiger partial charge in [0, 0.05) is 30.7 Å². The maximum absolute atomic E-state index is 5.48. The Balaban J connectivity index is 1.65. The Kier molecular flexibility index (Phi) is 5.65. The number of anilines is 1. The van der Waals surface area contributed by atoms with Gasteiger partial charge in [-0.25, -0.2) is 4.98 Å². The largest absolute Gasteiger partial charge is 0.493 e. The highest BCUT2D eigenvalue weighted by molar-refractivity contribution is 5.81. The van der Waals surface area contributed by atoms with E-state index in [0.717, 1.165) is 35.6 Å². The number of rotatable bonds is 8. The number of methoxy groups -OCH3 is 3. The lowest BCUT2D eigenvalue weighted by Gasteiger charge is -2.13. The zero-order valence-electron chi connectivity index (χ0n) is 17.1. The van der Waals surface area contributed by atoms with Gasteiger partial charge in [-0.05, 0) is 41.8 Å². The molecule has 0 atom stereocenters. The Morgan fingerprint density at radius 1 is 0.967 bits per heavy atom. The number of aromatic nitrogens is 4. The van der Waals surface area contributed by atoms with E-state index in [4.69, 9.17) is 14.2 Å². The van der Waals surface area contributed by atoms with Crippen LogP contribution in [0.2, 0.25) is 0 Å². The van der Waals surface area contributed by atoms with Crippen LogP contribution in [0.4, 0.5) is 5.82 Å². The van der Waals surface area contributed by atoms with Gasteiger partial charge in [-0.1, -0.05) is 6.07 Å². The van der Waals surface area contributed by atoms with Crippen LogP contribution in [0.5, 0.6) is 17.2 Å². The van der Waals surface area contributed by atoms with Crippen molar-refractivity contribution in [2.75, 3.05) is 33.2 Å². The maximum atomic E-state index is 5.48. The minimum atomic E-state index is 0.547. The predicted molar refractivity (Wildman–Crippen MR) is 115 cm³/mol. The van der Waals surface area contributed by atoms with E-state index in [1.54, 1.807) is 44.4 Å². The van der Waals surface area contributed by atoms with Crippen molar-refractivity contribution in [1.82, 2.24) is 19.6 Å². The molecule has 0 saturated heterocycles. The second-order valence-electron chi connectivity index (χ2n) is 6.58. The summed E-state index contributed by atoms with van der Waals surface area (Å²) in [6.45, 7) is 0.754. The van der Waals surface area contributed by atoms with Crippen LogP contribution in [0.3, 0.4) is 0 Å². The molecule has 1 N–H and O–H groups in total. The fourth-order valence-corrected chi connectivity index (χ4v) is 3.35. The smallest absolute Gasteiger partial charge is 0.203 e. The van der Waals surface area contributed by atoms with Crippen LogP contribution in [0, 0.1) is 0 Å². The molecule has 3 heterocycles. The van der Waals surface area contributed by atoms with Crippen LogP contribution >= 0.6 is 0 Å². The van der Waals surface area contributed by atoms with Gasteiger partial charge in [0.2, 0.25) is 5.75 Å². The third kappa shape index (κ3) is 3.71. The molecule has 0 saturated carbocycles. The zero-order chi connectivity index (χ0) is 20.9. The molecule has 0 unspecified atom stereocenters. The molecule has 154 valence electrons. The molecule has 3 aromatic heterocycles. The molecule has 4 aromatic rings. The average Bonchev–Trinajstić information content (AvgIpc) is 3.24. The van der Waals surface area contributed by atoms with Crippen molar-refractivity contribution in [1.29, 1.82) is 0 Å². The quantitative estimate of drug-likeness (QED) is 0.481. The van der Waals surface area contributed by atoms with Gasteiger partial charge in [0.1, 0.15) is 5.82 Å². The van der Waals surface area contributed by atoms with Gasteiger partial charge >= 0.3 is 0 Å². The summed E-state index contributed by atoms with van der Waals surface area (Å²) in [5.41, 5.74) is 3.65. The number of benzene rings is 1.